The number of amides is 1. The fourth-order valence-corrected chi connectivity index (χ4v) is 2.94. The third kappa shape index (κ3) is 2.17. The SMILES string of the molecule is Cc1n[nH]c(C)c1C(=O)NC1CCSC1. The van der Waals surface area contributed by atoms with Crippen molar-refractivity contribution >= 4 is 17.7 Å². The second-order valence-electron chi connectivity index (χ2n) is 3.84. The number of carbonyl (C=O) groups excluding carboxylic acids is 1. The van der Waals surface area contributed by atoms with Crippen molar-refractivity contribution in [3.8, 4) is 0 Å². The second-order valence-corrected chi connectivity index (χ2v) is 4.99. The zero-order valence-corrected chi connectivity index (χ0v) is 9.78. The molecule has 0 saturated carbocycles. The number of carbonyl (C=O) groups is 1. The molecule has 1 unspecified atom stereocenters. The molecule has 0 aliphatic carbocycles. The lowest BCUT2D eigenvalue weighted by molar-refractivity contribution is 0.0940. The fourth-order valence-electron chi connectivity index (χ4n) is 1.79. The summed E-state index contributed by atoms with van der Waals surface area (Å²) in [7, 11) is 0. The van der Waals surface area contributed by atoms with Crippen LogP contribution in [0.2, 0.25) is 0 Å². The Hall–Kier alpha value is -0.970. The molecule has 82 valence electrons. The standard InChI is InChI=1S/C10H15N3OS/c1-6-9(7(2)13-12-6)10(14)11-8-3-4-15-5-8/h8H,3-5H2,1-2H3,(H,11,14)(H,12,13). The van der Waals surface area contributed by atoms with Crippen LogP contribution in [-0.2, 0) is 0 Å². The minimum atomic E-state index is 0.00579. The molecular formula is C10H15N3OS. The smallest absolute Gasteiger partial charge is 0.255 e. The van der Waals surface area contributed by atoms with E-state index >= 15 is 0 Å². The largest absolute Gasteiger partial charge is 0.348 e. The van der Waals surface area contributed by atoms with Crippen molar-refractivity contribution in [3.05, 3.63) is 17.0 Å². The highest BCUT2D eigenvalue weighted by Gasteiger charge is 2.21. The number of aromatic amines is 1. The fraction of sp³-hybridized carbons (Fsp3) is 0.600. The molecule has 1 aromatic rings. The lowest BCUT2D eigenvalue weighted by Gasteiger charge is -2.10. The summed E-state index contributed by atoms with van der Waals surface area (Å²) < 4.78 is 0. The maximum atomic E-state index is 11.9. The van der Waals surface area contributed by atoms with Crippen molar-refractivity contribution in [1.29, 1.82) is 0 Å². The Morgan fingerprint density at radius 2 is 2.40 bits per heavy atom. The molecule has 0 aromatic carbocycles. The highest BCUT2D eigenvalue weighted by atomic mass is 32.2. The molecule has 2 heterocycles. The van der Waals surface area contributed by atoms with Gasteiger partial charge in [-0.05, 0) is 26.0 Å². The van der Waals surface area contributed by atoms with E-state index in [-0.39, 0.29) is 5.91 Å². The summed E-state index contributed by atoms with van der Waals surface area (Å²) in [6, 6.07) is 0.330. The zero-order chi connectivity index (χ0) is 10.8. The van der Waals surface area contributed by atoms with E-state index in [9.17, 15) is 4.79 Å². The normalized spacial score (nSPS) is 20.5. The predicted octanol–water partition coefficient (Wildman–Crippen LogP) is 1.26. The lowest BCUT2D eigenvalue weighted by atomic mass is 10.1. The maximum absolute atomic E-state index is 11.9. The quantitative estimate of drug-likeness (QED) is 0.796. The van der Waals surface area contributed by atoms with Gasteiger partial charge < -0.3 is 5.32 Å². The minimum absolute atomic E-state index is 0.00579. The highest BCUT2D eigenvalue weighted by molar-refractivity contribution is 7.99. The van der Waals surface area contributed by atoms with E-state index in [0.29, 0.717) is 11.6 Å². The Morgan fingerprint density at radius 1 is 1.60 bits per heavy atom. The molecule has 0 bridgehead atoms. The second kappa shape index (κ2) is 4.26. The molecular weight excluding hydrogens is 210 g/mol. The Labute approximate surface area is 93.2 Å². The number of H-pyrrole nitrogens is 1. The molecule has 1 atom stereocenters. The summed E-state index contributed by atoms with van der Waals surface area (Å²) in [6.45, 7) is 3.72. The van der Waals surface area contributed by atoms with Crippen LogP contribution < -0.4 is 5.32 Å². The summed E-state index contributed by atoms with van der Waals surface area (Å²) in [4.78, 5) is 11.9. The van der Waals surface area contributed by atoms with Crippen LogP contribution in [0.25, 0.3) is 0 Å². The van der Waals surface area contributed by atoms with Crippen molar-refractivity contribution < 1.29 is 4.79 Å². The van der Waals surface area contributed by atoms with E-state index in [1.165, 1.54) is 0 Å². The molecule has 1 aromatic heterocycles. The van der Waals surface area contributed by atoms with Gasteiger partial charge in [-0.1, -0.05) is 0 Å². The van der Waals surface area contributed by atoms with Gasteiger partial charge in [-0.2, -0.15) is 16.9 Å². The molecule has 5 heteroatoms. The molecule has 1 saturated heterocycles. The molecule has 1 aliphatic rings. The number of hydrogen-bond acceptors (Lipinski definition) is 3. The van der Waals surface area contributed by atoms with Gasteiger partial charge in [0, 0.05) is 17.5 Å². The lowest BCUT2D eigenvalue weighted by Crippen LogP contribution is -2.35. The van der Waals surface area contributed by atoms with Gasteiger partial charge in [0.1, 0.15) is 0 Å². The topological polar surface area (TPSA) is 57.8 Å². The molecule has 2 N–H and O–H groups in total. The number of aromatic nitrogens is 2. The number of hydrogen-bond donors (Lipinski definition) is 2. The summed E-state index contributed by atoms with van der Waals surface area (Å²) in [5.41, 5.74) is 2.32. The van der Waals surface area contributed by atoms with E-state index in [1.807, 2.05) is 25.6 Å². The van der Waals surface area contributed by atoms with E-state index < -0.39 is 0 Å². The summed E-state index contributed by atoms with van der Waals surface area (Å²) in [5.74, 6) is 2.18. The predicted molar refractivity (Wildman–Crippen MR) is 61.3 cm³/mol. The first kappa shape index (κ1) is 10.5. The van der Waals surface area contributed by atoms with E-state index in [4.69, 9.17) is 0 Å². The van der Waals surface area contributed by atoms with Gasteiger partial charge in [0.25, 0.3) is 5.91 Å². The van der Waals surface area contributed by atoms with Crippen molar-refractivity contribution in [3.63, 3.8) is 0 Å². The van der Waals surface area contributed by atoms with Gasteiger partial charge in [0.2, 0.25) is 0 Å². The maximum Gasteiger partial charge on any atom is 0.255 e. The number of nitrogens with one attached hydrogen (secondary N) is 2. The summed E-state index contributed by atoms with van der Waals surface area (Å²) in [6.07, 6.45) is 1.08. The Balaban J connectivity index is 2.07. The molecule has 1 amide bonds. The van der Waals surface area contributed by atoms with Crippen molar-refractivity contribution in [2.75, 3.05) is 11.5 Å². The molecule has 1 fully saturated rings. The van der Waals surface area contributed by atoms with Gasteiger partial charge in [-0.15, -0.1) is 0 Å². The van der Waals surface area contributed by atoms with Crippen molar-refractivity contribution in [1.82, 2.24) is 15.5 Å². The molecule has 0 spiro atoms. The molecule has 4 nitrogen and oxygen atoms in total. The van der Waals surface area contributed by atoms with Gasteiger partial charge in [0.05, 0.1) is 11.3 Å². The average molecular weight is 225 g/mol. The first-order valence-corrected chi connectivity index (χ1v) is 6.24. The summed E-state index contributed by atoms with van der Waals surface area (Å²) >= 11 is 1.89. The van der Waals surface area contributed by atoms with Crippen LogP contribution in [0.15, 0.2) is 0 Å². The molecule has 1 aliphatic heterocycles. The zero-order valence-electron chi connectivity index (χ0n) is 8.96. The summed E-state index contributed by atoms with van der Waals surface area (Å²) in [5, 5.41) is 9.89. The Kier molecular flexibility index (Phi) is 3.00. The molecule has 0 radical (unpaired) electrons. The van der Waals surface area contributed by atoms with Crippen LogP contribution in [0, 0.1) is 13.8 Å². The number of nitrogens with zero attached hydrogens (tertiary/aromatic N) is 1. The van der Waals surface area contributed by atoms with E-state index in [2.05, 4.69) is 15.5 Å². The van der Waals surface area contributed by atoms with Gasteiger partial charge in [-0.25, -0.2) is 0 Å². The Bertz CT molecular complexity index is 349. The average Bonchev–Trinajstić information content (AvgIpc) is 2.77. The van der Waals surface area contributed by atoms with Gasteiger partial charge in [0.15, 0.2) is 0 Å². The highest BCUT2D eigenvalue weighted by Crippen LogP contribution is 2.18. The van der Waals surface area contributed by atoms with Crippen molar-refractivity contribution in [2.45, 2.75) is 26.3 Å². The number of aryl methyl sites for hydroxylation is 2. The van der Waals surface area contributed by atoms with E-state index in [0.717, 1.165) is 29.3 Å². The monoisotopic (exact) mass is 225 g/mol. The Morgan fingerprint density at radius 3 is 2.93 bits per heavy atom. The van der Waals surface area contributed by atoms with Crippen LogP contribution >= 0.6 is 11.8 Å². The minimum Gasteiger partial charge on any atom is -0.348 e. The number of rotatable bonds is 2. The third-order valence-corrected chi connectivity index (χ3v) is 3.78. The molecule has 2 rings (SSSR count). The third-order valence-electron chi connectivity index (χ3n) is 2.62. The van der Waals surface area contributed by atoms with Crippen LogP contribution in [0.5, 0.6) is 0 Å². The first-order valence-electron chi connectivity index (χ1n) is 5.08. The van der Waals surface area contributed by atoms with Gasteiger partial charge >= 0.3 is 0 Å². The van der Waals surface area contributed by atoms with Crippen LogP contribution in [-0.4, -0.2) is 33.7 Å². The van der Waals surface area contributed by atoms with Crippen LogP contribution in [0.3, 0.4) is 0 Å². The number of thioether (sulfide) groups is 1. The molecule has 15 heavy (non-hydrogen) atoms. The van der Waals surface area contributed by atoms with Crippen LogP contribution in [0.1, 0.15) is 28.2 Å². The first-order chi connectivity index (χ1) is 7.18. The van der Waals surface area contributed by atoms with Crippen LogP contribution in [0.4, 0.5) is 0 Å². The van der Waals surface area contributed by atoms with Crippen molar-refractivity contribution in [2.24, 2.45) is 0 Å². The van der Waals surface area contributed by atoms with Gasteiger partial charge in [-0.3, -0.25) is 9.89 Å². The van der Waals surface area contributed by atoms with E-state index in [1.54, 1.807) is 0 Å².